The first-order chi connectivity index (χ1) is 8.52. The number of rotatable bonds is 2. The smallest absolute Gasteiger partial charge is 0.150 e. The quantitative estimate of drug-likeness (QED) is 0.434. The van der Waals surface area contributed by atoms with Gasteiger partial charge in [-0.15, -0.1) is 0 Å². The lowest BCUT2D eigenvalue weighted by Gasteiger charge is -2.08. The molecule has 2 aromatic rings. The minimum atomic E-state index is 0.182. The van der Waals surface area contributed by atoms with Crippen LogP contribution in [-0.4, -0.2) is 11.3 Å². The molecule has 92 valence electrons. The molecule has 0 spiro atoms. The van der Waals surface area contributed by atoms with Crippen molar-refractivity contribution in [3.8, 4) is 11.3 Å². The van der Waals surface area contributed by atoms with E-state index in [4.69, 9.17) is 46.4 Å². The molecule has 0 aliphatic rings. The summed E-state index contributed by atoms with van der Waals surface area (Å²) in [6.07, 6.45) is 0.670. The van der Waals surface area contributed by atoms with E-state index in [2.05, 4.69) is 4.98 Å². The normalized spacial score (nSPS) is 10.4. The second kappa shape index (κ2) is 5.45. The molecular weight excluding hydrogens is 316 g/mol. The monoisotopic (exact) mass is 319 g/mol. The average Bonchev–Trinajstić information content (AvgIpc) is 2.34. The number of carbonyl (C=O) groups excluding carboxylic acids is 1. The zero-order valence-electron chi connectivity index (χ0n) is 8.75. The van der Waals surface area contributed by atoms with Gasteiger partial charge in [0.2, 0.25) is 0 Å². The molecule has 0 atom stereocenters. The fourth-order valence-electron chi connectivity index (χ4n) is 1.47. The lowest BCUT2D eigenvalue weighted by molar-refractivity contribution is 0.112. The van der Waals surface area contributed by atoms with Crippen LogP contribution in [0.3, 0.4) is 0 Å². The van der Waals surface area contributed by atoms with Gasteiger partial charge in [-0.1, -0.05) is 46.4 Å². The van der Waals surface area contributed by atoms with E-state index in [1.807, 2.05) is 0 Å². The van der Waals surface area contributed by atoms with E-state index in [1.54, 1.807) is 18.2 Å². The van der Waals surface area contributed by atoms with E-state index in [1.165, 1.54) is 6.07 Å². The Morgan fingerprint density at radius 3 is 2.33 bits per heavy atom. The molecule has 1 aromatic carbocycles. The third-order valence-electron chi connectivity index (χ3n) is 2.25. The predicted octanol–water partition coefficient (Wildman–Crippen LogP) is 5.17. The van der Waals surface area contributed by atoms with Gasteiger partial charge in [-0.2, -0.15) is 0 Å². The van der Waals surface area contributed by atoms with Crippen molar-refractivity contribution in [3.05, 3.63) is 50.0 Å². The third kappa shape index (κ3) is 2.62. The molecule has 0 bridgehead atoms. The Morgan fingerprint density at radius 1 is 1.00 bits per heavy atom. The molecule has 1 aromatic heterocycles. The number of hydrogen-bond acceptors (Lipinski definition) is 2. The Labute approximate surface area is 123 Å². The fraction of sp³-hybridized carbons (Fsp3) is 0. The number of nitrogens with zero attached hydrogens (tertiary/aromatic N) is 1. The summed E-state index contributed by atoms with van der Waals surface area (Å²) >= 11 is 23.9. The summed E-state index contributed by atoms with van der Waals surface area (Å²) in [6, 6.07) is 6.18. The van der Waals surface area contributed by atoms with Crippen molar-refractivity contribution in [2.45, 2.75) is 0 Å². The number of aromatic nitrogens is 1. The van der Waals surface area contributed by atoms with Crippen molar-refractivity contribution in [1.82, 2.24) is 4.98 Å². The summed E-state index contributed by atoms with van der Waals surface area (Å²) in [5.41, 5.74) is 1.25. The van der Waals surface area contributed by atoms with Gasteiger partial charge in [0.25, 0.3) is 0 Å². The van der Waals surface area contributed by atoms with Gasteiger partial charge in [-0.25, -0.2) is 4.98 Å². The zero-order chi connectivity index (χ0) is 13.3. The molecule has 0 radical (unpaired) electrons. The second-order valence-corrected chi connectivity index (χ2v) is 5.02. The van der Waals surface area contributed by atoms with Gasteiger partial charge in [-0.3, -0.25) is 4.79 Å². The van der Waals surface area contributed by atoms with Crippen molar-refractivity contribution in [1.29, 1.82) is 0 Å². The van der Waals surface area contributed by atoms with Crippen LogP contribution in [0.1, 0.15) is 10.4 Å². The summed E-state index contributed by atoms with van der Waals surface area (Å²) in [5, 5.41) is 1.19. The first-order valence-corrected chi connectivity index (χ1v) is 6.30. The van der Waals surface area contributed by atoms with Crippen molar-refractivity contribution < 1.29 is 4.79 Å². The molecule has 6 heteroatoms. The third-order valence-corrected chi connectivity index (χ3v) is 3.57. The molecule has 0 fully saturated rings. The van der Waals surface area contributed by atoms with Gasteiger partial charge in [0.15, 0.2) is 0 Å². The first-order valence-electron chi connectivity index (χ1n) is 4.79. The van der Waals surface area contributed by atoms with Crippen LogP contribution in [0.2, 0.25) is 20.2 Å². The van der Waals surface area contributed by atoms with Crippen LogP contribution in [0.15, 0.2) is 24.3 Å². The molecule has 2 rings (SSSR count). The zero-order valence-corrected chi connectivity index (χ0v) is 11.8. The predicted molar refractivity (Wildman–Crippen MR) is 75.1 cm³/mol. The van der Waals surface area contributed by atoms with Gasteiger partial charge in [-0.05, 0) is 24.3 Å². The number of carbonyl (C=O) groups is 1. The highest BCUT2D eigenvalue weighted by molar-refractivity contribution is 6.46. The average molecular weight is 321 g/mol. The maximum Gasteiger partial charge on any atom is 0.150 e. The Morgan fingerprint density at radius 2 is 1.67 bits per heavy atom. The summed E-state index contributed by atoms with van der Waals surface area (Å²) in [5.74, 6) is 0. The minimum Gasteiger partial charge on any atom is -0.298 e. The molecule has 0 amide bonds. The Balaban J connectivity index is 2.72. The van der Waals surface area contributed by atoms with Crippen LogP contribution >= 0.6 is 46.4 Å². The molecule has 0 unspecified atom stereocenters. The van der Waals surface area contributed by atoms with Crippen LogP contribution < -0.4 is 0 Å². The Bertz CT molecular complexity index is 628. The van der Waals surface area contributed by atoms with Crippen molar-refractivity contribution in [2.24, 2.45) is 0 Å². The van der Waals surface area contributed by atoms with Crippen LogP contribution in [-0.2, 0) is 0 Å². The van der Waals surface area contributed by atoms with Crippen molar-refractivity contribution in [2.75, 3.05) is 0 Å². The fourth-order valence-corrected chi connectivity index (χ4v) is 2.41. The largest absolute Gasteiger partial charge is 0.298 e. The van der Waals surface area contributed by atoms with Gasteiger partial charge in [0.1, 0.15) is 11.4 Å². The standard InChI is InChI=1S/C12H5Cl4NO/c13-7-1-2-8(14)12(16)11(7)9-3-6(5-18)4-10(15)17-9/h1-5H. The maximum absolute atomic E-state index is 10.8. The Hall–Kier alpha value is -0.800. The highest BCUT2D eigenvalue weighted by atomic mass is 35.5. The van der Waals surface area contributed by atoms with E-state index < -0.39 is 0 Å². The molecule has 0 saturated carbocycles. The van der Waals surface area contributed by atoms with E-state index in [0.29, 0.717) is 33.2 Å². The molecule has 0 N–H and O–H groups in total. The van der Waals surface area contributed by atoms with Gasteiger partial charge in [0.05, 0.1) is 20.8 Å². The number of aldehydes is 1. The molecular formula is C12H5Cl4NO. The van der Waals surface area contributed by atoms with Crippen LogP contribution in [0.5, 0.6) is 0 Å². The van der Waals surface area contributed by atoms with Gasteiger partial charge >= 0.3 is 0 Å². The lowest BCUT2D eigenvalue weighted by Crippen LogP contribution is -1.91. The van der Waals surface area contributed by atoms with E-state index in [0.717, 1.165) is 0 Å². The molecule has 0 saturated heterocycles. The SMILES string of the molecule is O=Cc1cc(Cl)nc(-c2c(Cl)ccc(Cl)c2Cl)c1. The summed E-state index contributed by atoms with van der Waals surface area (Å²) in [7, 11) is 0. The first kappa shape index (κ1) is 13.6. The highest BCUT2D eigenvalue weighted by Gasteiger charge is 2.14. The second-order valence-electron chi connectivity index (χ2n) is 3.44. The van der Waals surface area contributed by atoms with Crippen molar-refractivity contribution in [3.63, 3.8) is 0 Å². The number of pyridine rings is 1. The lowest BCUT2D eigenvalue weighted by atomic mass is 10.1. The number of hydrogen-bond donors (Lipinski definition) is 0. The molecule has 0 aliphatic heterocycles. The van der Waals surface area contributed by atoms with Crippen LogP contribution in [0.25, 0.3) is 11.3 Å². The van der Waals surface area contributed by atoms with E-state index >= 15 is 0 Å². The molecule has 0 aliphatic carbocycles. The molecule has 18 heavy (non-hydrogen) atoms. The number of benzene rings is 1. The van der Waals surface area contributed by atoms with E-state index in [-0.39, 0.29) is 10.2 Å². The van der Waals surface area contributed by atoms with Gasteiger partial charge < -0.3 is 0 Å². The highest BCUT2D eigenvalue weighted by Crippen LogP contribution is 2.38. The van der Waals surface area contributed by atoms with Crippen molar-refractivity contribution >= 4 is 52.7 Å². The van der Waals surface area contributed by atoms with Crippen LogP contribution in [0.4, 0.5) is 0 Å². The topological polar surface area (TPSA) is 30.0 Å². The summed E-state index contributed by atoms with van der Waals surface area (Å²) in [6.45, 7) is 0. The van der Waals surface area contributed by atoms with Gasteiger partial charge in [0, 0.05) is 11.1 Å². The summed E-state index contributed by atoms with van der Waals surface area (Å²) in [4.78, 5) is 14.9. The van der Waals surface area contributed by atoms with Crippen LogP contribution in [0, 0.1) is 0 Å². The molecule has 2 nitrogen and oxygen atoms in total. The Kier molecular flexibility index (Phi) is 4.13. The summed E-state index contributed by atoms with van der Waals surface area (Å²) < 4.78 is 0. The number of halogens is 4. The van der Waals surface area contributed by atoms with E-state index in [9.17, 15) is 4.79 Å². The minimum absolute atomic E-state index is 0.182. The molecule has 1 heterocycles. The maximum atomic E-state index is 10.8.